The highest BCUT2D eigenvalue weighted by Gasteiger charge is 2.33. The van der Waals surface area contributed by atoms with Crippen molar-refractivity contribution in [2.45, 2.75) is 39.2 Å². The third kappa shape index (κ3) is 8.70. The van der Waals surface area contributed by atoms with E-state index in [1.165, 1.54) is 0 Å². The number of hydrogen-bond acceptors (Lipinski definition) is 3. The molecule has 0 aliphatic carbocycles. The number of hydrogen-bond donors (Lipinski definition) is 3. The molecule has 7 heteroatoms. The Morgan fingerprint density at radius 2 is 1.43 bits per heavy atom. The lowest BCUT2D eigenvalue weighted by Crippen LogP contribution is -2.48. The average Bonchev–Trinajstić information content (AvgIpc) is 2.91. The van der Waals surface area contributed by atoms with Crippen molar-refractivity contribution in [1.82, 2.24) is 5.32 Å². The summed E-state index contributed by atoms with van der Waals surface area (Å²) in [6.45, 7) is 3.64. The van der Waals surface area contributed by atoms with E-state index in [2.05, 4.69) is 5.32 Å². The summed E-state index contributed by atoms with van der Waals surface area (Å²) in [5, 5.41) is 12.3. The molecule has 6 nitrogen and oxygen atoms in total. The number of aryl methyl sites for hydroxylation is 1. The molecule has 0 heterocycles. The van der Waals surface area contributed by atoms with E-state index in [0.717, 1.165) is 22.3 Å². The molecule has 4 atom stereocenters. The van der Waals surface area contributed by atoms with Crippen molar-refractivity contribution in [2.24, 2.45) is 11.8 Å². The molecule has 3 rings (SSSR count). The summed E-state index contributed by atoms with van der Waals surface area (Å²) in [5.74, 6) is -2.72. The van der Waals surface area contributed by atoms with Gasteiger partial charge in [-0.1, -0.05) is 105 Å². The minimum Gasteiger partial charge on any atom is -0.480 e. The van der Waals surface area contributed by atoms with Crippen molar-refractivity contribution >= 4 is 19.2 Å². The lowest BCUT2D eigenvalue weighted by Gasteiger charge is -2.25. The van der Waals surface area contributed by atoms with Crippen molar-refractivity contribution in [1.29, 1.82) is 0 Å². The molecule has 3 aromatic carbocycles. The van der Waals surface area contributed by atoms with Gasteiger partial charge in [0, 0.05) is 12.3 Å². The molecule has 0 bridgehead atoms. The SMILES string of the molecule is CCC(C)C(NC(=O)C(Cc1ccc(-c2ccccc2)cc1)CP(=O)(O)CCc1ccccc1)C(=O)O. The van der Waals surface area contributed by atoms with Crippen molar-refractivity contribution in [3.8, 4) is 11.1 Å². The van der Waals surface area contributed by atoms with E-state index in [0.29, 0.717) is 12.8 Å². The van der Waals surface area contributed by atoms with E-state index in [1.54, 1.807) is 6.92 Å². The number of amides is 1. The second kappa shape index (κ2) is 13.4. The number of carbonyl (C=O) groups excluding carboxylic acids is 1. The van der Waals surface area contributed by atoms with Gasteiger partial charge in [0.15, 0.2) is 0 Å². The molecule has 1 amide bonds. The third-order valence-corrected chi connectivity index (χ3v) is 8.72. The molecule has 0 spiro atoms. The van der Waals surface area contributed by atoms with Gasteiger partial charge in [0.25, 0.3) is 0 Å². The van der Waals surface area contributed by atoms with Crippen LogP contribution < -0.4 is 5.32 Å². The van der Waals surface area contributed by atoms with Crippen LogP contribution in [0.3, 0.4) is 0 Å². The molecule has 0 fully saturated rings. The van der Waals surface area contributed by atoms with Gasteiger partial charge in [0.2, 0.25) is 13.3 Å². The predicted octanol–water partition coefficient (Wildman–Crippen LogP) is 5.64. The quantitative estimate of drug-likeness (QED) is 0.253. The van der Waals surface area contributed by atoms with Gasteiger partial charge in [0.1, 0.15) is 6.04 Å². The Balaban J connectivity index is 1.79. The fraction of sp³-hybridized carbons (Fsp3) is 0.333. The minimum absolute atomic E-state index is 0.0570. The Kier molecular flexibility index (Phi) is 10.2. The van der Waals surface area contributed by atoms with Crippen molar-refractivity contribution < 1.29 is 24.2 Å². The fourth-order valence-corrected chi connectivity index (χ4v) is 6.10. The van der Waals surface area contributed by atoms with Gasteiger partial charge in [-0.05, 0) is 41.0 Å². The Bertz CT molecular complexity index is 1200. The first kappa shape index (κ1) is 28.4. The van der Waals surface area contributed by atoms with E-state index in [-0.39, 0.29) is 24.7 Å². The van der Waals surface area contributed by atoms with Crippen LogP contribution in [-0.4, -0.2) is 40.2 Å². The minimum atomic E-state index is -3.67. The molecule has 3 N–H and O–H groups in total. The maximum atomic E-state index is 13.3. The lowest BCUT2D eigenvalue weighted by atomic mass is 9.95. The highest BCUT2D eigenvalue weighted by molar-refractivity contribution is 7.58. The average molecular weight is 522 g/mol. The van der Waals surface area contributed by atoms with Crippen LogP contribution in [-0.2, 0) is 27.0 Å². The maximum absolute atomic E-state index is 13.3. The summed E-state index contributed by atoms with van der Waals surface area (Å²) >= 11 is 0. The number of carboxylic acids is 1. The number of carboxylic acid groups (broad SMARTS) is 1. The monoisotopic (exact) mass is 521 g/mol. The number of nitrogens with one attached hydrogen (secondary N) is 1. The van der Waals surface area contributed by atoms with Gasteiger partial charge in [0.05, 0.1) is 5.92 Å². The fourth-order valence-electron chi connectivity index (χ4n) is 4.33. The van der Waals surface area contributed by atoms with E-state index in [1.807, 2.05) is 91.9 Å². The van der Waals surface area contributed by atoms with Crippen LogP contribution in [0.25, 0.3) is 11.1 Å². The molecule has 0 aromatic heterocycles. The highest BCUT2D eigenvalue weighted by Crippen LogP contribution is 2.43. The molecule has 196 valence electrons. The van der Waals surface area contributed by atoms with E-state index in [4.69, 9.17) is 0 Å². The molecule has 4 unspecified atom stereocenters. The summed E-state index contributed by atoms with van der Waals surface area (Å²) in [5.41, 5.74) is 3.90. The van der Waals surface area contributed by atoms with Crippen molar-refractivity contribution in [3.05, 3.63) is 96.1 Å². The van der Waals surface area contributed by atoms with Crippen molar-refractivity contribution in [3.63, 3.8) is 0 Å². The van der Waals surface area contributed by atoms with Crippen LogP contribution in [0.5, 0.6) is 0 Å². The standard InChI is InChI=1S/C30H36NO5P/c1-3-22(2)28(30(33)34)31-29(32)27(21-37(35,36)19-18-23-10-6-4-7-11-23)20-24-14-16-26(17-15-24)25-12-8-5-9-13-25/h4-17,22,27-28H,3,18-21H2,1-2H3,(H,31,32)(H,33,34)(H,35,36). The van der Waals surface area contributed by atoms with E-state index >= 15 is 0 Å². The normalized spacial score (nSPS) is 15.2. The summed E-state index contributed by atoms with van der Waals surface area (Å²) < 4.78 is 13.2. The number of benzene rings is 3. The lowest BCUT2D eigenvalue weighted by molar-refractivity contribution is -0.143. The Labute approximate surface area is 219 Å². The van der Waals surface area contributed by atoms with Gasteiger partial charge in [-0.15, -0.1) is 0 Å². The van der Waals surface area contributed by atoms with Gasteiger partial charge in [-0.3, -0.25) is 9.36 Å². The summed E-state index contributed by atoms with van der Waals surface area (Å²) in [6, 6.07) is 26.1. The van der Waals surface area contributed by atoms with Crippen LogP contribution in [0.1, 0.15) is 31.4 Å². The zero-order valence-electron chi connectivity index (χ0n) is 21.4. The van der Waals surface area contributed by atoms with E-state index in [9.17, 15) is 24.2 Å². The molecule has 0 aliphatic rings. The van der Waals surface area contributed by atoms with E-state index < -0.39 is 31.2 Å². The van der Waals surface area contributed by atoms with Crippen LogP contribution in [0.4, 0.5) is 0 Å². The smallest absolute Gasteiger partial charge is 0.326 e. The Hall–Kier alpha value is -3.21. The maximum Gasteiger partial charge on any atom is 0.326 e. The number of carbonyl (C=O) groups is 2. The molecule has 3 aromatic rings. The van der Waals surface area contributed by atoms with Crippen LogP contribution in [0, 0.1) is 11.8 Å². The molecule has 0 radical (unpaired) electrons. The first-order valence-corrected chi connectivity index (χ1v) is 14.7. The second-order valence-electron chi connectivity index (χ2n) is 9.66. The molecule has 37 heavy (non-hydrogen) atoms. The highest BCUT2D eigenvalue weighted by atomic mass is 31.2. The zero-order chi connectivity index (χ0) is 26.8. The van der Waals surface area contributed by atoms with Crippen LogP contribution in [0.15, 0.2) is 84.9 Å². The van der Waals surface area contributed by atoms with Gasteiger partial charge < -0.3 is 15.3 Å². The van der Waals surface area contributed by atoms with Gasteiger partial charge in [-0.25, -0.2) is 4.79 Å². The van der Waals surface area contributed by atoms with Crippen molar-refractivity contribution in [2.75, 3.05) is 12.3 Å². The zero-order valence-corrected chi connectivity index (χ0v) is 22.3. The number of aliphatic carboxylic acids is 1. The predicted molar refractivity (Wildman–Crippen MR) is 148 cm³/mol. The number of rotatable bonds is 13. The molecule has 0 saturated carbocycles. The molecular weight excluding hydrogens is 485 g/mol. The first-order chi connectivity index (χ1) is 17.7. The summed E-state index contributed by atoms with van der Waals surface area (Å²) in [6.07, 6.45) is 1.10. The molecule has 0 aliphatic heterocycles. The van der Waals surface area contributed by atoms with Crippen LogP contribution >= 0.6 is 7.37 Å². The Morgan fingerprint density at radius 1 is 0.865 bits per heavy atom. The summed E-state index contributed by atoms with van der Waals surface area (Å²) in [7, 11) is -3.67. The second-order valence-corrected chi connectivity index (χ2v) is 12.2. The summed E-state index contributed by atoms with van der Waals surface area (Å²) in [4.78, 5) is 36.0. The first-order valence-electron chi connectivity index (χ1n) is 12.7. The topological polar surface area (TPSA) is 104 Å². The largest absolute Gasteiger partial charge is 0.480 e. The Morgan fingerprint density at radius 3 is 2.00 bits per heavy atom. The third-order valence-electron chi connectivity index (χ3n) is 6.79. The van der Waals surface area contributed by atoms with Gasteiger partial charge in [-0.2, -0.15) is 0 Å². The van der Waals surface area contributed by atoms with Crippen LogP contribution in [0.2, 0.25) is 0 Å². The van der Waals surface area contributed by atoms with Gasteiger partial charge >= 0.3 is 5.97 Å². The molecular formula is C30H36NO5P. The molecule has 0 saturated heterocycles.